The molecule has 1 rings (SSSR count). The Hall–Kier alpha value is -1.75. The Kier molecular flexibility index (Phi) is 6.05. The van der Waals surface area contributed by atoms with Crippen molar-refractivity contribution in [3.63, 3.8) is 0 Å². The lowest BCUT2D eigenvalue weighted by molar-refractivity contribution is 0.0979. The third kappa shape index (κ3) is 5.13. The van der Waals surface area contributed by atoms with E-state index in [1.807, 2.05) is 12.1 Å². The molecule has 0 aliphatic carbocycles. The van der Waals surface area contributed by atoms with Gasteiger partial charge in [-0.25, -0.2) is 0 Å². The standard InChI is InChI=1S/C21H30O2/c1-8-9-10-11-12-18(22)15-13-16(20(2,3)4)19(23)17(14-15)21(5,6)7/h1,13-14,23H,9-12H2,2-7H3. The highest BCUT2D eigenvalue weighted by Crippen LogP contribution is 2.40. The van der Waals surface area contributed by atoms with Crippen LogP contribution in [0.4, 0.5) is 0 Å². The molecule has 0 aliphatic rings. The van der Waals surface area contributed by atoms with Crippen molar-refractivity contribution < 1.29 is 9.90 Å². The number of terminal acetylenes is 1. The summed E-state index contributed by atoms with van der Waals surface area (Å²) in [6.45, 7) is 12.3. The van der Waals surface area contributed by atoms with Gasteiger partial charge in [-0.3, -0.25) is 4.79 Å². The molecule has 0 spiro atoms. The van der Waals surface area contributed by atoms with Gasteiger partial charge in [0, 0.05) is 29.5 Å². The summed E-state index contributed by atoms with van der Waals surface area (Å²) in [5.74, 6) is 3.04. The van der Waals surface area contributed by atoms with Crippen LogP contribution in [0.5, 0.6) is 5.75 Å². The number of aromatic hydroxyl groups is 1. The maximum absolute atomic E-state index is 12.5. The molecule has 0 heterocycles. The Morgan fingerprint density at radius 1 is 1.04 bits per heavy atom. The van der Waals surface area contributed by atoms with Gasteiger partial charge in [0.1, 0.15) is 5.75 Å². The summed E-state index contributed by atoms with van der Waals surface area (Å²) in [5.41, 5.74) is 1.92. The van der Waals surface area contributed by atoms with Crippen LogP contribution in [0.1, 0.15) is 88.7 Å². The van der Waals surface area contributed by atoms with Crippen molar-refractivity contribution in [3.05, 3.63) is 28.8 Å². The van der Waals surface area contributed by atoms with Crippen LogP contribution in [-0.2, 0) is 10.8 Å². The second-order valence-corrected chi connectivity index (χ2v) is 8.25. The molecule has 0 unspecified atom stereocenters. The number of hydrogen-bond acceptors (Lipinski definition) is 2. The molecule has 0 saturated heterocycles. The minimum atomic E-state index is -0.218. The van der Waals surface area contributed by atoms with Crippen LogP contribution in [0.2, 0.25) is 0 Å². The lowest BCUT2D eigenvalue weighted by Gasteiger charge is -2.28. The molecule has 2 nitrogen and oxygen atoms in total. The Balaban J connectivity index is 3.23. The number of phenols is 1. The first-order valence-electron chi connectivity index (χ1n) is 8.33. The highest BCUT2D eigenvalue weighted by Gasteiger charge is 2.27. The molecule has 0 radical (unpaired) electrons. The van der Waals surface area contributed by atoms with Gasteiger partial charge in [0.25, 0.3) is 0 Å². The van der Waals surface area contributed by atoms with Crippen LogP contribution < -0.4 is 0 Å². The fraction of sp³-hybridized carbons (Fsp3) is 0.571. The first kappa shape index (κ1) is 19.3. The molecule has 0 atom stereocenters. The second kappa shape index (κ2) is 7.21. The predicted octanol–water partition coefficient (Wildman–Crippen LogP) is 5.36. The molecular formula is C21H30O2. The van der Waals surface area contributed by atoms with Crippen molar-refractivity contribution in [1.82, 2.24) is 0 Å². The highest BCUT2D eigenvalue weighted by molar-refractivity contribution is 5.96. The summed E-state index contributed by atoms with van der Waals surface area (Å²) in [7, 11) is 0. The topological polar surface area (TPSA) is 37.3 Å². The summed E-state index contributed by atoms with van der Waals surface area (Å²) in [6, 6.07) is 3.71. The highest BCUT2D eigenvalue weighted by atomic mass is 16.3. The third-order valence-electron chi connectivity index (χ3n) is 4.02. The van der Waals surface area contributed by atoms with Gasteiger partial charge in [-0.05, 0) is 35.8 Å². The average molecular weight is 314 g/mol. The number of ketones is 1. The van der Waals surface area contributed by atoms with E-state index >= 15 is 0 Å². The fourth-order valence-corrected chi connectivity index (χ4v) is 2.60. The number of benzene rings is 1. The van der Waals surface area contributed by atoms with Crippen molar-refractivity contribution >= 4 is 5.78 Å². The number of rotatable bonds is 5. The quantitative estimate of drug-likeness (QED) is 0.451. The summed E-state index contributed by atoms with van der Waals surface area (Å²) < 4.78 is 0. The molecule has 0 fully saturated rings. The number of carbonyl (C=O) groups excluding carboxylic acids is 1. The van der Waals surface area contributed by atoms with Gasteiger partial charge in [0.2, 0.25) is 0 Å². The van der Waals surface area contributed by atoms with Gasteiger partial charge in [0.05, 0.1) is 0 Å². The molecule has 0 amide bonds. The van der Waals surface area contributed by atoms with Gasteiger partial charge in [-0.1, -0.05) is 41.5 Å². The fourth-order valence-electron chi connectivity index (χ4n) is 2.60. The van der Waals surface area contributed by atoms with Gasteiger partial charge in [-0.2, -0.15) is 0 Å². The van der Waals surface area contributed by atoms with E-state index in [-0.39, 0.29) is 16.6 Å². The third-order valence-corrected chi connectivity index (χ3v) is 4.02. The van der Waals surface area contributed by atoms with Gasteiger partial charge >= 0.3 is 0 Å². The molecule has 126 valence electrons. The van der Waals surface area contributed by atoms with Crippen molar-refractivity contribution in [1.29, 1.82) is 0 Å². The maximum Gasteiger partial charge on any atom is 0.162 e. The predicted molar refractivity (Wildman–Crippen MR) is 97.1 cm³/mol. The lowest BCUT2D eigenvalue weighted by atomic mass is 9.78. The normalized spacial score (nSPS) is 12.0. The monoisotopic (exact) mass is 314 g/mol. The van der Waals surface area contributed by atoms with E-state index in [1.54, 1.807) is 0 Å². The molecular weight excluding hydrogens is 284 g/mol. The molecule has 0 saturated carbocycles. The van der Waals surface area contributed by atoms with Gasteiger partial charge in [0.15, 0.2) is 5.78 Å². The van der Waals surface area contributed by atoms with E-state index in [4.69, 9.17) is 6.42 Å². The van der Waals surface area contributed by atoms with Gasteiger partial charge < -0.3 is 5.11 Å². The number of unbranched alkanes of at least 4 members (excludes halogenated alkanes) is 2. The van der Waals surface area contributed by atoms with E-state index in [1.165, 1.54) is 0 Å². The van der Waals surface area contributed by atoms with Crippen LogP contribution in [-0.4, -0.2) is 10.9 Å². The molecule has 1 N–H and O–H groups in total. The van der Waals surface area contributed by atoms with Gasteiger partial charge in [-0.15, -0.1) is 12.3 Å². The molecule has 0 bridgehead atoms. The molecule has 23 heavy (non-hydrogen) atoms. The van der Waals surface area contributed by atoms with Crippen LogP contribution in [0, 0.1) is 12.3 Å². The first-order valence-corrected chi connectivity index (χ1v) is 8.33. The Morgan fingerprint density at radius 2 is 1.52 bits per heavy atom. The smallest absolute Gasteiger partial charge is 0.162 e. The second-order valence-electron chi connectivity index (χ2n) is 8.25. The number of hydrogen-bond donors (Lipinski definition) is 1. The number of Topliss-reactive ketones (excluding diaryl/α,β-unsaturated/α-hetero) is 1. The Labute approximate surface area is 141 Å². The zero-order valence-electron chi connectivity index (χ0n) is 15.4. The molecule has 2 heteroatoms. The minimum absolute atomic E-state index is 0.123. The van der Waals surface area contributed by atoms with Crippen molar-refractivity contribution in [2.45, 2.75) is 78.1 Å². The minimum Gasteiger partial charge on any atom is -0.507 e. The van der Waals surface area contributed by atoms with Crippen molar-refractivity contribution in [2.24, 2.45) is 0 Å². The maximum atomic E-state index is 12.5. The zero-order chi connectivity index (χ0) is 17.8. The number of carbonyl (C=O) groups is 1. The molecule has 0 aliphatic heterocycles. The summed E-state index contributed by atoms with van der Waals surface area (Å²) in [6.07, 6.45) is 8.14. The van der Waals surface area contributed by atoms with Crippen molar-refractivity contribution in [3.8, 4) is 18.1 Å². The van der Waals surface area contributed by atoms with E-state index in [0.717, 1.165) is 24.0 Å². The van der Waals surface area contributed by atoms with E-state index < -0.39 is 0 Å². The average Bonchev–Trinajstić information content (AvgIpc) is 2.41. The summed E-state index contributed by atoms with van der Waals surface area (Å²) in [5, 5.41) is 10.7. The molecule has 0 aromatic heterocycles. The van der Waals surface area contributed by atoms with Crippen molar-refractivity contribution in [2.75, 3.05) is 0 Å². The Morgan fingerprint density at radius 3 is 1.91 bits per heavy atom. The van der Waals surface area contributed by atoms with Crippen LogP contribution >= 0.6 is 0 Å². The molecule has 1 aromatic rings. The SMILES string of the molecule is C#CCCCCC(=O)c1cc(C(C)(C)C)c(O)c(C(C)(C)C)c1. The van der Waals surface area contributed by atoms with E-state index in [0.29, 0.717) is 24.2 Å². The summed E-state index contributed by atoms with van der Waals surface area (Å²) >= 11 is 0. The van der Waals surface area contributed by atoms with Crippen LogP contribution in [0.3, 0.4) is 0 Å². The molecule has 1 aromatic carbocycles. The van der Waals surface area contributed by atoms with Crippen LogP contribution in [0.15, 0.2) is 12.1 Å². The summed E-state index contributed by atoms with van der Waals surface area (Å²) in [4.78, 5) is 12.5. The zero-order valence-corrected chi connectivity index (χ0v) is 15.4. The largest absolute Gasteiger partial charge is 0.507 e. The lowest BCUT2D eigenvalue weighted by Crippen LogP contribution is -2.18. The van der Waals surface area contributed by atoms with E-state index in [2.05, 4.69) is 47.5 Å². The van der Waals surface area contributed by atoms with E-state index in [9.17, 15) is 9.90 Å². The van der Waals surface area contributed by atoms with Crippen LogP contribution in [0.25, 0.3) is 0 Å². The first-order chi connectivity index (χ1) is 10.5. The Bertz CT molecular complexity index is 569. The number of phenolic OH excluding ortho intramolecular Hbond substituents is 1.